The minimum atomic E-state index is -3.09. The van der Waals surface area contributed by atoms with Crippen molar-refractivity contribution in [1.82, 2.24) is 10.0 Å². The molecule has 7 heteroatoms. The molecule has 2 fully saturated rings. The molecule has 2 aliphatic heterocycles. The molecule has 0 bridgehead atoms. The van der Waals surface area contributed by atoms with Crippen molar-refractivity contribution in [3.63, 3.8) is 0 Å². The van der Waals surface area contributed by atoms with E-state index in [0.717, 1.165) is 37.4 Å². The van der Waals surface area contributed by atoms with Gasteiger partial charge in [0.1, 0.15) is 0 Å². The van der Waals surface area contributed by atoms with Gasteiger partial charge in [-0.1, -0.05) is 0 Å². The highest BCUT2D eigenvalue weighted by molar-refractivity contribution is 8.06. The number of hydrogen-bond acceptors (Lipinski definition) is 5. The Morgan fingerprint density at radius 2 is 2.22 bits per heavy atom. The van der Waals surface area contributed by atoms with Crippen molar-refractivity contribution >= 4 is 33.5 Å². The normalized spacial score (nSPS) is 30.2. The summed E-state index contributed by atoms with van der Waals surface area (Å²) in [5.41, 5.74) is 0. The monoisotopic (exact) mass is 310 g/mol. The van der Waals surface area contributed by atoms with Crippen LogP contribution in [0.5, 0.6) is 0 Å². The van der Waals surface area contributed by atoms with Gasteiger partial charge >= 0.3 is 0 Å². The Kier molecular flexibility index (Phi) is 6.14. The van der Waals surface area contributed by atoms with Crippen LogP contribution in [-0.4, -0.2) is 56.3 Å². The van der Waals surface area contributed by atoms with Crippen LogP contribution in [0.25, 0.3) is 0 Å². The Hall–Kier alpha value is 0.570. The Morgan fingerprint density at radius 3 is 2.89 bits per heavy atom. The van der Waals surface area contributed by atoms with E-state index in [1.54, 1.807) is 0 Å². The molecule has 2 heterocycles. The molecular weight excluding hydrogens is 288 g/mol. The van der Waals surface area contributed by atoms with E-state index in [2.05, 4.69) is 10.0 Å². The highest BCUT2D eigenvalue weighted by atomic mass is 32.2. The fraction of sp³-hybridized carbons (Fsp3) is 1.00. The second kappa shape index (κ2) is 7.38. The van der Waals surface area contributed by atoms with Crippen molar-refractivity contribution < 1.29 is 8.42 Å². The van der Waals surface area contributed by atoms with Crippen molar-refractivity contribution in [2.45, 2.75) is 18.1 Å². The van der Waals surface area contributed by atoms with Gasteiger partial charge in [-0.2, -0.15) is 23.5 Å². The summed E-state index contributed by atoms with van der Waals surface area (Å²) in [6, 6.07) is 0. The third-order valence-electron chi connectivity index (χ3n) is 3.27. The van der Waals surface area contributed by atoms with Crippen molar-refractivity contribution in [3.05, 3.63) is 0 Å². The molecule has 2 atom stereocenters. The molecule has 18 heavy (non-hydrogen) atoms. The predicted octanol–water partition coefficient (Wildman–Crippen LogP) is 0.754. The van der Waals surface area contributed by atoms with Crippen molar-refractivity contribution in [3.8, 4) is 0 Å². The largest absolute Gasteiger partial charge is 0.316 e. The van der Waals surface area contributed by atoms with Crippen LogP contribution < -0.4 is 10.0 Å². The Balaban J connectivity index is 1.72. The topological polar surface area (TPSA) is 58.2 Å². The standard InChI is InChI=1S/C11H22N2O2S3/c14-18(15,9-10-2-1-3-12-6-10)13-7-11-8-16-4-5-17-11/h10-13H,1-9H2. The maximum atomic E-state index is 12.0. The first-order valence-corrected chi connectivity index (χ1v) is 10.4. The zero-order valence-corrected chi connectivity index (χ0v) is 13.0. The molecule has 106 valence electrons. The molecule has 4 nitrogen and oxygen atoms in total. The summed E-state index contributed by atoms with van der Waals surface area (Å²) >= 11 is 3.81. The molecule has 0 aromatic rings. The second-order valence-corrected chi connectivity index (χ2v) is 9.32. The van der Waals surface area contributed by atoms with Crippen LogP contribution in [0, 0.1) is 5.92 Å². The second-order valence-electron chi connectivity index (χ2n) is 4.91. The lowest BCUT2D eigenvalue weighted by Gasteiger charge is -2.24. The average Bonchev–Trinajstić information content (AvgIpc) is 2.38. The van der Waals surface area contributed by atoms with E-state index in [-0.39, 0.29) is 11.7 Å². The van der Waals surface area contributed by atoms with Gasteiger partial charge in [0.15, 0.2) is 0 Å². The van der Waals surface area contributed by atoms with Gasteiger partial charge < -0.3 is 5.32 Å². The highest BCUT2D eigenvalue weighted by Crippen LogP contribution is 2.23. The van der Waals surface area contributed by atoms with Gasteiger partial charge in [0.05, 0.1) is 5.75 Å². The molecule has 0 amide bonds. The molecule has 0 spiro atoms. The van der Waals surface area contributed by atoms with E-state index in [9.17, 15) is 8.42 Å². The first kappa shape index (κ1) is 15.0. The van der Waals surface area contributed by atoms with E-state index in [1.807, 2.05) is 23.5 Å². The van der Waals surface area contributed by atoms with E-state index in [0.29, 0.717) is 11.8 Å². The minimum Gasteiger partial charge on any atom is -0.316 e. The number of sulfonamides is 1. The summed E-state index contributed by atoms with van der Waals surface area (Å²) in [5, 5.41) is 3.71. The van der Waals surface area contributed by atoms with E-state index < -0.39 is 10.0 Å². The Labute approximate surface area is 118 Å². The molecule has 0 aromatic carbocycles. The molecule has 2 saturated heterocycles. The number of thioether (sulfide) groups is 2. The third kappa shape index (κ3) is 5.28. The number of piperidine rings is 1. The maximum absolute atomic E-state index is 12.0. The fourth-order valence-electron chi connectivity index (χ4n) is 2.31. The molecule has 2 N–H and O–H groups in total. The van der Waals surface area contributed by atoms with Crippen LogP contribution in [0.4, 0.5) is 0 Å². The van der Waals surface area contributed by atoms with E-state index in [1.165, 1.54) is 5.75 Å². The summed E-state index contributed by atoms with van der Waals surface area (Å²) < 4.78 is 26.8. The minimum absolute atomic E-state index is 0.282. The van der Waals surface area contributed by atoms with Crippen LogP contribution in [0.1, 0.15) is 12.8 Å². The molecule has 0 aromatic heterocycles. The molecule has 2 aliphatic rings. The Bertz CT molecular complexity index is 336. The zero-order chi connectivity index (χ0) is 12.8. The number of rotatable bonds is 5. The first-order chi connectivity index (χ1) is 8.66. The van der Waals surface area contributed by atoms with Crippen LogP contribution in [-0.2, 0) is 10.0 Å². The van der Waals surface area contributed by atoms with Gasteiger partial charge in [0.2, 0.25) is 10.0 Å². The van der Waals surface area contributed by atoms with Crippen molar-refractivity contribution in [1.29, 1.82) is 0 Å². The van der Waals surface area contributed by atoms with Gasteiger partial charge in [0, 0.05) is 29.1 Å². The van der Waals surface area contributed by atoms with Gasteiger partial charge in [-0.3, -0.25) is 0 Å². The summed E-state index contributed by atoms with van der Waals surface area (Å²) in [6.07, 6.45) is 2.12. The molecular formula is C11H22N2O2S3. The van der Waals surface area contributed by atoms with E-state index >= 15 is 0 Å². The fourth-order valence-corrected chi connectivity index (χ4v) is 6.51. The average molecular weight is 311 g/mol. The summed E-state index contributed by atoms with van der Waals surface area (Å²) in [6.45, 7) is 2.47. The lowest BCUT2D eigenvalue weighted by Crippen LogP contribution is -2.40. The van der Waals surface area contributed by atoms with Crippen LogP contribution >= 0.6 is 23.5 Å². The lowest BCUT2D eigenvalue weighted by molar-refractivity contribution is 0.403. The lowest BCUT2D eigenvalue weighted by atomic mass is 10.0. The Morgan fingerprint density at radius 1 is 1.33 bits per heavy atom. The quantitative estimate of drug-likeness (QED) is 0.785. The number of hydrogen-bond donors (Lipinski definition) is 2. The molecule has 2 rings (SSSR count). The summed E-state index contributed by atoms with van der Waals surface area (Å²) in [4.78, 5) is 0. The third-order valence-corrected chi connectivity index (χ3v) is 7.63. The molecule has 0 radical (unpaired) electrons. The van der Waals surface area contributed by atoms with Gasteiger partial charge in [-0.15, -0.1) is 0 Å². The predicted molar refractivity (Wildman–Crippen MR) is 81.0 cm³/mol. The first-order valence-electron chi connectivity index (χ1n) is 6.53. The maximum Gasteiger partial charge on any atom is 0.211 e. The van der Waals surface area contributed by atoms with E-state index in [4.69, 9.17) is 0 Å². The zero-order valence-electron chi connectivity index (χ0n) is 10.6. The SMILES string of the molecule is O=S(=O)(CC1CCCNC1)NCC1CSCCS1. The summed E-state index contributed by atoms with van der Waals surface area (Å²) in [7, 11) is -3.09. The van der Waals surface area contributed by atoms with Gasteiger partial charge in [0.25, 0.3) is 0 Å². The van der Waals surface area contributed by atoms with Crippen LogP contribution in [0.3, 0.4) is 0 Å². The smallest absolute Gasteiger partial charge is 0.211 e. The van der Waals surface area contributed by atoms with Crippen molar-refractivity contribution in [2.75, 3.05) is 42.6 Å². The highest BCUT2D eigenvalue weighted by Gasteiger charge is 2.22. The molecule has 0 saturated carbocycles. The van der Waals surface area contributed by atoms with Crippen LogP contribution in [0.2, 0.25) is 0 Å². The van der Waals surface area contributed by atoms with Crippen LogP contribution in [0.15, 0.2) is 0 Å². The van der Waals surface area contributed by atoms with Crippen molar-refractivity contribution in [2.24, 2.45) is 5.92 Å². The molecule has 2 unspecified atom stereocenters. The molecule has 0 aliphatic carbocycles. The number of nitrogens with one attached hydrogen (secondary N) is 2. The van der Waals surface area contributed by atoms with Gasteiger partial charge in [-0.25, -0.2) is 13.1 Å². The summed E-state index contributed by atoms with van der Waals surface area (Å²) in [5.74, 6) is 3.97. The van der Waals surface area contributed by atoms with Gasteiger partial charge in [-0.05, 0) is 31.8 Å².